The Balaban J connectivity index is 1.39. The molecule has 2 aliphatic heterocycles. The number of fused-ring (bicyclic) bond motifs is 1. The van der Waals surface area contributed by atoms with Gasteiger partial charge in [-0.25, -0.2) is 0 Å². The molecular formula is C24H26ClN5O2S. The highest BCUT2D eigenvalue weighted by molar-refractivity contribution is 7.99. The maximum absolute atomic E-state index is 13.2. The lowest BCUT2D eigenvalue weighted by molar-refractivity contribution is 0.0767. The number of ether oxygens (including phenoxy) is 1. The molecule has 0 spiro atoms. The number of amides is 1. The first-order chi connectivity index (χ1) is 16.2. The van der Waals surface area contributed by atoms with Crippen molar-refractivity contribution in [3.63, 3.8) is 0 Å². The fourth-order valence-corrected chi connectivity index (χ4v) is 5.54. The summed E-state index contributed by atoms with van der Waals surface area (Å²) >= 11 is 8.12. The SMILES string of the molecule is COc1ccc(Cl)cc1N1CCN(c2nnc(C(=O)N3CCSCC3)c3ccccc23)CC1. The molecule has 0 unspecified atom stereocenters. The lowest BCUT2D eigenvalue weighted by atomic mass is 10.1. The summed E-state index contributed by atoms with van der Waals surface area (Å²) in [5.74, 6) is 3.56. The van der Waals surface area contributed by atoms with Gasteiger partial charge < -0.3 is 19.4 Å². The smallest absolute Gasteiger partial charge is 0.275 e. The van der Waals surface area contributed by atoms with E-state index in [0.29, 0.717) is 10.7 Å². The van der Waals surface area contributed by atoms with Crippen LogP contribution in [0.5, 0.6) is 5.75 Å². The Bertz CT molecular complexity index is 1160. The van der Waals surface area contributed by atoms with Crippen LogP contribution in [0.15, 0.2) is 42.5 Å². The summed E-state index contributed by atoms with van der Waals surface area (Å²) < 4.78 is 5.53. The molecule has 0 bridgehead atoms. The lowest BCUT2D eigenvalue weighted by Gasteiger charge is -2.37. The molecule has 0 radical (unpaired) electrons. The summed E-state index contributed by atoms with van der Waals surface area (Å²) in [5.41, 5.74) is 1.45. The third-order valence-electron chi connectivity index (χ3n) is 6.23. The highest BCUT2D eigenvalue weighted by Gasteiger charge is 2.26. The minimum Gasteiger partial charge on any atom is -0.495 e. The quantitative estimate of drug-likeness (QED) is 0.559. The molecule has 3 heterocycles. The number of rotatable bonds is 4. The first kappa shape index (κ1) is 22.1. The Morgan fingerprint density at radius 3 is 2.36 bits per heavy atom. The fraction of sp³-hybridized carbons (Fsp3) is 0.375. The number of nitrogens with zero attached hydrogens (tertiary/aromatic N) is 5. The normalized spacial score (nSPS) is 16.8. The van der Waals surface area contributed by atoms with Crippen LogP contribution in [0, 0.1) is 0 Å². The minimum atomic E-state index is -0.0246. The number of halogens is 1. The van der Waals surface area contributed by atoms with E-state index in [1.165, 1.54) is 0 Å². The molecule has 2 aromatic carbocycles. The first-order valence-electron chi connectivity index (χ1n) is 11.1. The molecule has 0 N–H and O–H groups in total. The van der Waals surface area contributed by atoms with Crippen molar-refractivity contribution in [3.8, 4) is 5.75 Å². The number of benzene rings is 2. The van der Waals surface area contributed by atoms with Crippen molar-refractivity contribution >= 4 is 51.5 Å². The maximum Gasteiger partial charge on any atom is 0.275 e. The van der Waals surface area contributed by atoms with Crippen molar-refractivity contribution in [2.75, 3.05) is 67.7 Å². The third-order valence-corrected chi connectivity index (χ3v) is 7.41. The van der Waals surface area contributed by atoms with Crippen molar-refractivity contribution in [1.29, 1.82) is 0 Å². The number of methoxy groups -OCH3 is 1. The second-order valence-electron chi connectivity index (χ2n) is 8.11. The monoisotopic (exact) mass is 483 g/mol. The van der Waals surface area contributed by atoms with E-state index in [9.17, 15) is 4.79 Å². The van der Waals surface area contributed by atoms with Gasteiger partial charge >= 0.3 is 0 Å². The Morgan fingerprint density at radius 2 is 1.64 bits per heavy atom. The number of piperazine rings is 1. The van der Waals surface area contributed by atoms with E-state index in [0.717, 1.165) is 78.8 Å². The van der Waals surface area contributed by atoms with E-state index in [4.69, 9.17) is 16.3 Å². The van der Waals surface area contributed by atoms with Crippen molar-refractivity contribution in [1.82, 2.24) is 15.1 Å². The van der Waals surface area contributed by atoms with Gasteiger partial charge in [0.2, 0.25) is 0 Å². The molecule has 33 heavy (non-hydrogen) atoms. The number of thioether (sulfide) groups is 1. The Kier molecular flexibility index (Phi) is 6.46. The van der Waals surface area contributed by atoms with Gasteiger partial charge in [-0.3, -0.25) is 4.79 Å². The molecular weight excluding hydrogens is 458 g/mol. The van der Waals surface area contributed by atoms with Crippen LogP contribution in [0.1, 0.15) is 10.5 Å². The van der Waals surface area contributed by atoms with Crippen LogP contribution >= 0.6 is 23.4 Å². The van der Waals surface area contributed by atoms with Gasteiger partial charge in [0.25, 0.3) is 5.91 Å². The second-order valence-corrected chi connectivity index (χ2v) is 9.77. The minimum absolute atomic E-state index is 0.0246. The molecule has 0 saturated carbocycles. The van der Waals surface area contributed by atoms with Crippen LogP contribution < -0.4 is 14.5 Å². The summed E-state index contributed by atoms with van der Waals surface area (Å²) in [7, 11) is 1.68. The molecule has 0 aliphatic carbocycles. The highest BCUT2D eigenvalue weighted by atomic mass is 35.5. The van der Waals surface area contributed by atoms with Gasteiger partial charge in [0.15, 0.2) is 11.5 Å². The predicted molar refractivity (Wildman–Crippen MR) is 135 cm³/mol. The van der Waals surface area contributed by atoms with Gasteiger partial charge in [-0.1, -0.05) is 35.9 Å². The molecule has 172 valence electrons. The second kappa shape index (κ2) is 9.65. The van der Waals surface area contributed by atoms with E-state index >= 15 is 0 Å². The number of hydrogen-bond donors (Lipinski definition) is 0. The van der Waals surface area contributed by atoms with Crippen molar-refractivity contribution in [2.45, 2.75) is 0 Å². The van der Waals surface area contributed by atoms with Gasteiger partial charge in [-0.15, -0.1) is 10.2 Å². The largest absolute Gasteiger partial charge is 0.495 e. The summed E-state index contributed by atoms with van der Waals surface area (Å²) in [6.07, 6.45) is 0. The predicted octanol–water partition coefficient (Wildman–Crippen LogP) is 3.81. The van der Waals surface area contributed by atoms with Gasteiger partial charge in [0.1, 0.15) is 5.75 Å². The third kappa shape index (κ3) is 4.42. The van der Waals surface area contributed by atoms with Gasteiger partial charge in [0.05, 0.1) is 12.8 Å². The van der Waals surface area contributed by atoms with Crippen LogP contribution in [0.3, 0.4) is 0 Å². The zero-order valence-corrected chi connectivity index (χ0v) is 20.1. The number of hydrogen-bond acceptors (Lipinski definition) is 7. The van der Waals surface area contributed by atoms with Crippen molar-refractivity contribution in [3.05, 3.63) is 53.2 Å². The van der Waals surface area contributed by atoms with Crippen LogP contribution in [-0.2, 0) is 0 Å². The van der Waals surface area contributed by atoms with Crippen LogP contribution in [0.2, 0.25) is 5.02 Å². The number of carbonyl (C=O) groups is 1. The first-order valence-corrected chi connectivity index (χ1v) is 12.6. The molecule has 1 aromatic heterocycles. The average Bonchev–Trinajstić information content (AvgIpc) is 2.88. The van der Waals surface area contributed by atoms with E-state index in [2.05, 4.69) is 20.0 Å². The van der Waals surface area contributed by atoms with E-state index < -0.39 is 0 Å². The Hall–Kier alpha value is -2.71. The number of anilines is 2. The summed E-state index contributed by atoms with van der Waals surface area (Å²) in [6.45, 7) is 4.69. The Morgan fingerprint density at radius 1 is 0.939 bits per heavy atom. The molecule has 3 aromatic rings. The summed E-state index contributed by atoms with van der Waals surface area (Å²) in [6, 6.07) is 13.7. The molecule has 2 fully saturated rings. The molecule has 0 atom stereocenters. The summed E-state index contributed by atoms with van der Waals surface area (Å²) in [5, 5.41) is 11.5. The molecule has 1 amide bonds. The average molecular weight is 484 g/mol. The molecule has 9 heteroatoms. The van der Waals surface area contributed by atoms with Crippen molar-refractivity contribution in [2.24, 2.45) is 0 Å². The molecule has 5 rings (SSSR count). The molecule has 2 aliphatic rings. The van der Waals surface area contributed by atoms with E-state index in [1.54, 1.807) is 7.11 Å². The lowest BCUT2D eigenvalue weighted by Crippen LogP contribution is -2.47. The zero-order chi connectivity index (χ0) is 22.8. The van der Waals surface area contributed by atoms with Crippen LogP contribution in [0.25, 0.3) is 10.8 Å². The fourth-order valence-electron chi connectivity index (χ4n) is 4.47. The van der Waals surface area contributed by atoms with E-state index in [1.807, 2.05) is 59.1 Å². The van der Waals surface area contributed by atoms with Gasteiger partial charge in [0, 0.05) is 66.6 Å². The highest BCUT2D eigenvalue weighted by Crippen LogP contribution is 2.33. The summed E-state index contributed by atoms with van der Waals surface area (Å²) in [4.78, 5) is 19.6. The van der Waals surface area contributed by atoms with Crippen LogP contribution in [-0.4, -0.2) is 78.9 Å². The van der Waals surface area contributed by atoms with Crippen LogP contribution in [0.4, 0.5) is 11.5 Å². The Labute approximate surface area is 202 Å². The number of aromatic nitrogens is 2. The molecule has 2 saturated heterocycles. The van der Waals surface area contributed by atoms with Crippen molar-refractivity contribution < 1.29 is 9.53 Å². The topological polar surface area (TPSA) is 61.8 Å². The van der Waals surface area contributed by atoms with Gasteiger partial charge in [-0.2, -0.15) is 11.8 Å². The zero-order valence-electron chi connectivity index (χ0n) is 18.5. The van der Waals surface area contributed by atoms with E-state index in [-0.39, 0.29) is 5.91 Å². The van der Waals surface area contributed by atoms with Gasteiger partial charge in [-0.05, 0) is 18.2 Å². The molecule has 7 nitrogen and oxygen atoms in total. The standard InChI is InChI=1S/C24H26ClN5O2S/c1-32-21-7-6-17(25)16-20(21)28-8-10-29(11-9-28)23-19-5-3-2-4-18(19)22(26-27-23)24(31)30-12-14-33-15-13-30/h2-7,16H,8-15H2,1H3. The maximum atomic E-state index is 13.2. The number of carbonyl (C=O) groups excluding carboxylic acids is 1.